The summed E-state index contributed by atoms with van der Waals surface area (Å²) < 4.78 is 30.9. The predicted octanol–water partition coefficient (Wildman–Crippen LogP) is 3.58. The summed E-state index contributed by atoms with van der Waals surface area (Å²) in [6, 6.07) is 16.4. The summed E-state index contributed by atoms with van der Waals surface area (Å²) in [4.78, 5) is 30.8. The van der Waals surface area contributed by atoms with E-state index < -0.39 is 17.8 Å². The highest BCUT2D eigenvalue weighted by Gasteiger charge is 2.36. The molecule has 5 rings (SSSR count). The van der Waals surface area contributed by atoms with Crippen molar-refractivity contribution in [3.05, 3.63) is 89.6 Å². The molecule has 0 saturated carbocycles. The van der Waals surface area contributed by atoms with Crippen LogP contribution in [-0.2, 0) is 9.53 Å². The van der Waals surface area contributed by atoms with Crippen molar-refractivity contribution in [1.82, 2.24) is 14.8 Å². The number of hydrogen-bond donors (Lipinski definition) is 0. The van der Waals surface area contributed by atoms with E-state index in [1.165, 1.54) is 28.1 Å². The number of benzene rings is 2. The number of furan rings is 1. The van der Waals surface area contributed by atoms with Gasteiger partial charge in [0.2, 0.25) is 0 Å². The van der Waals surface area contributed by atoms with E-state index in [9.17, 15) is 14.0 Å². The van der Waals surface area contributed by atoms with Crippen LogP contribution in [0.3, 0.4) is 0 Å². The van der Waals surface area contributed by atoms with Crippen molar-refractivity contribution < 1.29 is 27.9 Å². The number of carbonyl (C=O) groups excluding carboxylic acids is 2. The summed E-state index contributed by atoms with van der Waals surface area (Å²) in [6.07, 6.45) is 2.00. The molecule has 10 heteroatoms. The molecule has 0 N–H and O–H groups in total. The molecule has 0 radical (unpaired) electrons. The number of nitrogens with zero attached hydrogens (tertiary/aromatic N) is 4. The van der Waals surface area contributed by atoms with Gasteiger partial charge in [-0.15, -0.1) is 0 Å². The van der Waals surface area contributed by atoms with Crippen LogP contribution in [0.2, 0.25) is 0 Å². The molecule has 1 fully saturated rings. The second-order valence-corrected chi connectivity index (χ2v) is 9.41. The van der Waals surface area contributed by atoms with Crippen molar-refractivity contribution in [3.63, 3.8) is 0 Å². The zero-order valence-electron chi connectivity index (χ0n) is 21.8. The van der Waals surface area contributed by atoms with E-state index in [-0.39, 0.29) is 24.6 Å². The molecular formula is C29H31FN4O5. The van der Waals surface area contributed by atoms with E-state index >= 15 is 0 Å². The molecule has 3 heterocycles. The van der Waals surface area contributed by atoms with Gasteiger partial charge >= 0.3 is 0 Å². The predicted molar refractivity (Wildman–Crippen MR) is 142 cm³/mol. The molecule has 2 aliphatic rings. The van der Waals surface area contributed by atoms with E-state index in [0.717, 1.165) is 24.4 Å². The molecule has 0 spiro atoms. The Balaban J connectivity index is 1.39. The van der Waals surface area contributed by atoms with Gasteiger partial charge in [0, 0.05) is 32.6 Å². The molecule has 1 atom stereocenters. The third-order valence-corrected chi connectivity index (χ3v) is 6.97. The Morgan fingerprint density at radius 1 is 1.08 bits per heavy atom. The van der Waals surface area contributed by atoms with Gasteiger partial charge in [0.05, 0.1) is 37.9 Å². The maximum absolute atomic E-state index is 14.6. The third-order valence-electron chi connectivity index (χ3n) is 6.97. The van der Waals surface area contributed by atoms with E-state index in [0.29, 0.717) is 37.7 Å². The number of hydrazone groups is 1. The summed E-state index contributed by atoms with van der Waals surface area (Å²) in [5.74, 6) is -0.235. The van der Waals surface area contributed by atoms with Crippen molar-refractivity contribution in [2.75, 3.05) is 53.0 Å². The molecule has 39 heavy (non-hydrogen) atoms. The number of ether oxygens (including phenoxy) is 2. The SMILES string of the molecule is COc1ccc(C2=NN(C(=O)CN(CCN3CCOCC3)C(=O)c3ccccc3F)C(c3ccco3)C2)cc1. The van der Waals surface area contributed by atoms with Crippen LogP contribution in [0.25, 0.3) is 0 Å². The van der Waals surface area contributed by atoms with Gasteiger partial charge in [-0.1, -0.05) is 12.1 Å². The lowest BCUT2D eigenvalue weighted by Gasteiger charge is -2.31. The largest absolute Gasteiger partial charge is 0.497 e. The Bertz CT molecular complexity index is 1310. The minimum atomic E-state index is -0.624. The summed E-state index contributed by atoms with van der Waals surface area (Å²) in [5, 5.41) is 6.05. The topological polar surface area (TPSA) is 87.8 Å². The minimum absolute atomic E-state index is 0.0706. The quantitative estimate of drug-likeness (QED) is 0.417. The molecule has 1 unspecified atom stereocenters. The molecular weight excluding hydrogens is 503 g/mol. The average molecular weight is 535 g/mol. The number of carbonyl (C=O) groups is 2. The van der Waals surface area contributed by atoms with E-state index in [1.807, 2.05) is 24.3 Å². The fourth-order valence-electron chi connectivity index (χ4n) is 4.78. The Labute approximate surface area is 226 Å². The van der Waals surface area contributed by atoms with E-state index in [1.54, 1.807) is 31.6 Å². The third kappa shape index (κ3) is 6.18. The molecule has 3 aromatic rings. The standard InChI is InChI=1S/C29H31FN4O5/c1-37-22-10-8-21(9-11-22)25-19-26(27-7-4-16-39-27)34(31-25)28(35)20-33(13-12-32-14-17-38-18-15-32)29(36)23-5-2-3-6-24(23)30/h2-11,16,26H,12-15,17-20H2,1H3. The number of morpholine rings is 1. The van der Waals surface area contributed by atoms with E-state index in [4.69, 9.17) is 13.9 Å². The number of methoxy groups -OCH3 is 1. The van der Waals surface area contributed by atoms with E-state index in [2.05, 4.69) is 10.0 Å². The molecule has 2 amide bonds. The second kappa shape index (κ2) is 12.2. The Morgan fingerprint density at radius 3 is 2.54 bits per heavy atom. The van der Waals surface area contributed by atoms with Gasteiger partial charge in [-0.3, -0.25) is 14.5 Å². The van der Waals surface area contributed by atoms with Gasteiger partial charge in [-0.05, 0) is 54.1 Å². The molecule has 2 aliphatic heterocycles. The lowest BCUT2D eigenvalue weighted by atomic mass is 10.0. The van der Waals surface area contributed by atoms with Crippen LogP contribution < -0.4 is 4.74 Å². The molecule has 1 aromatic heterocycles. The lowest BCUT2D eigenvalue weighted by Crippen LogP contribution is -2.46. The number of rotatable bonds is 9. The van der Waals surface area contributed by atoms with Crippen molar-refractivity contribution in [2.24, 2.45) is 5.10 Å². The first-order valence-corrected chi connectivity index (χ1v) is 12.9. The van der Waals surface area contributed by atoms with Gasteiger partial charge < -0.3 is 18.8 Å². The highest BCUT2D eigenvalue weighted by atomic mass is 19.1. The van der Waals surface area contributed by atoms with Gasteiger partial charge in [0.25, 0.3) is 11.8 Å². The van der Waals surface area contributed by atoms with Gasteiger partial charge in [-0.2, -0.15) is 5.10 Å². The highest BCUT2D eigenvalue weighted by Crippen LogP contribution is 2.33. The zero-order chi connectivity index (χ0) is 27.2. The van der Waals surface area contributed by atoms with Crippen LogP contribution in [0.5, 0.6) is 5.75 Å². The second-order valence-electron chi connectivity index (χ2n) is 9.41. The molecule has 204 valence electrons. The Hall–Kier alpha value is -4.02. The summed E-state index contributed by atoms with van der Waals surface area (Å²) in [5.41, 5.74) is 1.50. The van der Waals surface area contributed by atoms with Gasteiger partial charge in [0.1, 0.15) is 29.9 Å². The van der Waals surface area contributed by atoms with Crippen molar-refractivity contribution in [1.29, 1.82) is 0 Å². The van der Waals surface area contributed by atoms with Crippen molar-refractivity contribution in [2.45, 2.75) is 12.5 Å². The first-order chi connectivity index (χ1) is 19.0. The highest BCUT2D eigenvalue weighted by molar-refractivity contribution is 6.03. The summed E-state index contributed by atoms with van der Waals surface area (Å²) in [6.45, 7) is 3.24. The molecule has 9 nitrogen and oxygen atoms in total. The maximum Gasteiger partial charge on any atom is 0.262 e. The fraction of sp³-hybridized carbons (Fsp3) is 0.345. The van der Waals surface area contributed by atoms with Crippen LogP contribution in [0.1, 0.15) is 34.1 Å². The number of halogens is 1. The molecule has 0 aliphatic carbocycles. The minimum Gasteiger partial charge on any atom is -0.497 e. The molecule has 1 saturated heterocycles. The molecule has 2 aromatic carbocycles. The van der Waals surface area contributed by atoms with Crippen LogP contribution in [0.4, 0.5) is 4.39 Å². The smallest absolute Gasteiger partial charge is 0.262 e. The zero-order valence-corrected chi connectivity index (χ0v) is 21.8. The van der Waals surface area contributed by atoms with Gasteiger partial charge in [-0.25, -0.2) is 9.40 Å². The van der Waals surface area contributed by atoms with Gasteiger partial charge in [0.15, 0.2) is 0 Å². The normalized spacial score (nSPS) is 17.6. The van der Waals surface area contributed by atoms with Crippen LogP contribution in [0.15, 0.2) is 76.4 Å². The first kappa shape index (κ1) is 26.6. The Morgan fingerprint density at radius 2 is 1.85 bits per heavy atom. The fourth-order valence-corrected chi connectivity index (χ4v) is 4.78. The van der Waals surface area contributed by atoms with Crippen molar-refractivity contribution >= 4 is 17.5 Å². The summed E-state index contributed by atoms with van der Waals surface area (Å²) >= 11 is 0. The van der Waals surface area contributed by atoms with Crippen LogP contribution >= 0.6 is 0 Å². The van der Waals surface area contributed by atoms with Crippen molar-refractivity contribution in [3.8, 4) is 5.75 Å². The average Bonchev–Trinajstić information content (AvgIpc) is 3.66. The number of amides is 2. The Kier molecular flexibility index (Phi) is 8.33. The molecule has 0 bridgehead atoms. The summed E-state index contributed by atoms with van der Waals surface area (Å²) in [7, 11) is 1.60. The van der Waals surface area contributed by atoms with Crippen LogP contribution in [-0.4, -0.2) is 85.4 Å². The number of hydrogen-bond acceptors (Lipinski definition) is 7. The lowest BCUT2D eigenvalue weighted by molar-refractivity contribution is -0.134. The first-order valence-electron chi connectivity index (χ1n) is 12.9. The maximum atomic E-state index is 14.6. The monoisotopic (exact) mass is 534 g/mol. The van der Waals surface area contributed by atoms with Crippen LogP contribution in [0, 0.1) is 5.82 Å².